The number of aromatic amines is 1. The fraction of sp³-hybridized carbons (Fsp3) is 0.636. The maximum atomic E-state index is 11.7. The van der Waals surface area contributed by atoms with Crippen LogP contribution in [0.5, 0.6) is 0 Å². The Morgan fingerprint density at radius 3 is 2.85 bits per heavy atom. The lowest BCUT2D eigenvalue weighted by atomic mass is 10.2. The molecule has 0 unspecified atom stereocenters. The number of hydrogen-bond acceptors (Lipinski definition) is 6. The summed E-state index contributed by atoms with van der Waals surface area (Å²) in [6, 6.07) is 0. The highest BCUT2D eigenvalue weighted by atomic mass is 31.2. The zero-order chi connectivity index (χ0) is 14.9. The van der Waals surface area contributed by atoms with Crippen LogP contribution >= 0.6 is 7.94 Å². The van der Waals surface area contributed by atoms with Crippen LogP contribution in [-0.4, -0.2) is 26.7 Å². The number of aromatic nitrogens is 2. The topological polar surface area (TPSA) is 130 Å². The summed E-state index contributed by atoms with van der Waals surface area (Å²) in [6.45, 7) is 1.58. The molecule has 1 aromatic heterocycles. The second-order valence-electron chi connectivity index (χ2n) is 4.92. The zero-order valence-corrected chi connectivity index (χ0v) is 11.8. The van der Waals surface area contributed by atoms with Crippen LogP contribution in [0.1, 0.15) is 31.1 Å². The van der Waals surface area contributed by atoms with Crippen molar-refractivity contribution in [3.63, 3.8) is 0 Å². The number of aryl methyl sites for hydroxylation is 1. The summed E-state index contributed by atoms with van der Waals surface area (Å²) < 4.78 is 6.89. The van der Waals surface area contributed by atoms with Gasteiger partial charge >= 0.3 is 5.69 Å². The number of nitrogens with zero attached hydrogens (tertiary/aromatic N) is 1. The third kappa shape index (κ3) is 3.74. The van der Waals surface area contributed by atoms with Gasteiger partial charge in [-0.2, -0.15) is 0 Å². The van der Waals surface area contributed by atoms with E-state index in [0.717, 1.165) is 0 Å². The summed E-state index contributed by atoms with van der Waals surface area (Å²) in [4.78, 5) is 55.3. The van der Waals surface area contributed by atoms with Crippen molar-refractivity contribution in [2.75, 3.05) is 6.16 Å². The molecule has 1 aliphatic rings. The van der Waals surface area contributed by atoms with Gasteiger partial charge in [0, 0.05) is 26.1 Å². The SMILES string of the molecule is Cc1cn([C@H]2CC[C@@H](CC[P+]([O-])([O-])O)O2)c(=O)[nH]c1=O. The summed E-state index contributed by atoms with van der Waals surface area (Å²) in [5.41, 5.74) is -0.590. The van der Waals surface area contributed by atoms with Crippen molar-refractivity contribution in [3.8, 4) is 0 Å². The van der Waals surface area contributed by atoms with E-state index in [1.807, 2.05) is 0 Å². The first kappa shape index (κ1) is 15.3. The van der Waals surface area contributed by atoms with E-state index >= 15 is 0 Å². The monoisotopic (exact) mass is 303 g/mol. The second-order valence-corrected chi connectivity index (χ2v) is 6.64. The summed E-state index contributed by atoms with van der Waals surface area (Å²) in [7, 11) is -4.28. The highest BCUT2D eigenvalue weighted by molar-refractivity contribution is 7.55. The van der Waals surface area contributed by atoms with Crippen molar-refractivity contribution in [3.05, 3.63) is 32.6 Å². The Bertz CT molecular complexity index is 590. The standard InChI is InChI=1S/C11H17N2O6P/c1-7-6-13(11(15)12-10(7)14)9-3-2-8(19-9)4-5-20(16,17)18/h6,8-9H,2-5H2,1H3,(H,12,14,15)(H2,16,17,18)/p-1/t8-,9+/m0/s1. The predicted octanol–water partition coefficient (Wildman–Crippen LogP) is -1.61. The molecule has 1 fully saturated rings. The van der Waals surface area contributed by atoms with Crippen molar-refractivity contribution < 1.29 is 19.4 Å². The first-order chi connectivity index (χ1) is 9.26. The smallest absolute Gasteiger partial charge is 0.330 e. The number of nitrogens with one attached hydrogen (secondary N) is 1. The molecular weight excluding hydrogens is 287 g/mol. The van der Waals surface area contributed by atoms with E-state index < -0.39 is 25.4 Å². The van der Waals surface area contributed by atoms with Crippen LogP contribution in [0.3, 0.4) is 0 Å². The maximum Gasteiger partial charge on any atom is 0.330 e. The first-order valence-electron chi connectivity index (χ1n) is 6.26. The molecule has 2 N–H and O–H groups in total. The molecule has 2 atom stereocenters. The van der Waals surface area contributed by atoms with E-state index in [9.17, 15) is 19.4 Å². The normalized spacial score (nSPS) is 23.2. The summed E-state index contributed by atoms with van der Waals surface area (Å²) >= 11 is 0. The van der Waals surface area contributed by atoms with E-state index in [1.165, 1.54) is 10.8 Å². The summed E-state index contributed by atoms with van der Waals surface area (Å²) in [5.74, 6) is 0. The molecule has 2 heterocycles. The number of ether oxygens (including phenoxy) is 1. The van der Waals surface area contributed by atoms with Gasteiger partial charge < -0.3 is 14.5 Å². The fourth-order valence-electron chi connectivity index (χ4n) is 2.21. The number of H-pyrrole nitrogens is 1. The quantitative estimate of drug-likeness (QED) is 0.643. The van der Waals surface area contributed by atoms with Crippen LogP contribution in [0.2, 0.25) is 0 Å². The zero-order valence-electron chi connectivity index (χ0n) is 10.9. The Morgan fingerprint density at radius 1 is 1.50 bits per heavy atom. The lowest BCUT2D eigenvalue weighted by molar-refractivity contribution is -0.331. The summed E-state index contributed by atoms with van der Waals surface area (Å²) in [6.07, 6.45) is 1.56. The van der Waals surface area contributed by atoms with Gasteiger partial charge in [0.1, 0.15) is 6.23 Å². The van der Waals surface area contributed by atoms with Crippen molar-refractivity contribution in [1.29, 1.82) is 0 Å². The third-order valence-electron chi connectivity index (χ3n) is 3.27. The second kappa shape index (κ2) is 5.75. The van der Waals surface area contributed by atoms with E-state index in [4.69, 9.17) is 9.63 Å². The largest absolute Gasteiger partial charge is 0.660 e. The summed E-state index contributed by atoms with van der Waals surface area (Å²) in [5, 5.41) is 0. The Hall–Kier alpha value is -1.05. The average molecular weight is 303 g/mol. The third-order valence-corrected chi connectivity index (χ3v) is 4.10. The lowest BCUT2D eigenvalue weighted by Gasteiger charge is -2.28. The minimum atomic E-state index is -4.28. The van der Waals surface area contributed by atoms with Gasteiger partial charge in [-0.05, 0) is 19.8 Å². The molecule has 1 aromatic rings. The molecule has 2 rings (SSSR count). The Kier molecular flexibility index (Phi) is 4.41. The predicted molar refractivity (Wildman–Crippen MR) is 67.8 cm³/mol. The molecule has 8 nitrogen and oxygen atoms in total. The van der Waals surface area contributed by atoms with E-state index in [1.54, 1.807) is 6.92 Å². The van der Waals surface area contributed by atoms with Crippen LogP contribution in [0.4, 0.5) is 0 Å². The molecule has 1 saturated heterocycles. The maximum absolute atomic E-state index is 11.7. The van der Waals surface area contributed by atoms with Gasteiger partial charge in [0.25, 0.3) is 5.56 Å². The van der Waals surface area contributed by atoms with Crippen LogP contribution in [-0.2, 0) is 4.74 Å². The molecule has 0 bridgehead atoms. The van der Waals surface area contributed by atoms with Crippen LogP contribution in [0.15, 0.2) is 15.8 Å². The molecule has 0 spiro atoms. The van der Waals surface area contributed by atoms with Gasteiger partial charge in [-0.25, -0.2) is 4.79 Å². The molecule has 0 amide bonds. The molecule has 20 heavy (non-hydrogen) atoms. The molecule has 0 saturated carbocycles. The lowest BCUT2D eigenvalue weighted by Crippen LogP contribution is -2.33. The average Bonchev–Trinajstić information content (AvgIpc) is 2.79. The molecular formula is C11H16N2O6P-. The van der Waals surface area contributed by atoms with Gasteiger partial charge in [0.05, 0.1) is 12.3 Å². The number of rotatable bonds is 4. The Balaban J connectivity index is 2.05. The first-order valence-corrected chi connectivity index (χ1v) is 8.03. The molecule has 9 heteroatoms. The number of hydrogen-bond donors (Lipinski definition) is 2. The van der Waals surface area contributed by atoms with Crippen molar-refractivity contribution in [1.82, 2.24) is 9.55 Å². The van der Waals surface area contributed by atoms with Crippen LogP contribution in [0, 0.1) is 6.92 Å². The Morgan fingerprint density at radius 2 is 2.20 bits per heavy atom. The molecule has 0 radical (unpaired) electrons. The van der Waals surface area contributed by atoms with Gasteiger partial charge in [-0.15, -0.1) is 0 Å². The highest BCUT2D eigenvalue weighted by Gasteiger charge is 2.28. The minimum Gasteiger partial charge on any atom is -0.660 e. The van der Waals surface area contributed by atoms with Crippen molar-refractivity contribution >= 4 is 7.94 Å². The van der Waals surface area contributed by atoms with Gasteiger partial charge in [-0.1, -0.05) is 0 Å². The van der Waals surface area contributed by atoms with E-state index in [-0.39, 0.29) is 18.7 Å². The van der Waals surface area contributed by atoms with Gasteiger partial charge in [0.15, 0.2) is 0 Å². The van der Waals surface area contributed by atoms with Gasteiger partial charge in [0.2, 0.25) is 0 Å². The van der Waals surface area contributed by atoms with Crippen molar-refractivity contribution in [2.45, 2.75) is 38.5 Å². The highest BCUT2D eigenvalue weighted by Crippen LogP contribution is 2.37. The molecule has 1 aliphatic heterocycles. The molecule has 0 aliphatic carbocycles. The fourth-order valence-corrected chi connectivity index (χ4v) is 2.83. The van der Waals surface area contributed by atoms with Crippen molar-refractivity contribution in [2.24, 2.45) is 0 Å². The minimum absolute atomic E-state index is 0.185. The van der Waals surface area contributed by atoms with Crippen LogP contribution in [0.25, 0.3) is 0 Å². The molecule has 112 valence electrons. The Labute approximate surface area is 115 Å². The van der Waals surface area contributed by atoms with E-state index in [2.05, 4.69) is 4.98 Å². The van der Waals surface area contributed by atoms with Crippen LogP contribution < -0.4 is 21.0 Å². The van der Waals surface area contributed by atoms with Gasteiger partial charge in [-0.3, -0.25) is 19.2 Å². The molecule has 0 aromatic carbocycles. The van der Waals surface area contributed by atoms with E-state index in [0.29, 0.717) is 18.4 Å².